The molecule has 0 spiro atoms. The van der Waals surface area contributed by atoms with E-state index in [0.29, 0.717) is 16.8 Å². The Hall–Kier alpha value is -3.54. The molecule has 12 heteroatoms. The van der Waals surface area contributed by atoms with Gasteiger partial charge >= 0.3 is 6.18 Å². The molecular weight excluding hydrogens is 435 g/mol. The number of halogens is 3. The Bertz CT molecular complexity index is 1230. The Morgan fingerprint density at radius 2 is 1.77 bits per heavy atom. The van der Waals surface area contributed by atoms with Crippen LogP contribution in [0.1, 0.15) is 21.7 Å². The molecule has 1 amide bonds. The van der Waals surface area contributed by atoms with Crippen molar-refractivity contribution in [1.82, 2.24) is 19.7 Å². The van der Waals surface area contributed by atoms with E-state index in [1.165, 1.54) is 12.3 Å². The second kappa shape index (κ2) is 8.30. The monoisotopic (exact) mass is 451 g/mol. The molecule has 1 aromatic carbocycles. The minimum absolute atomic E-state index is 0.0856. The number of benzene rings is 1. The minimum Gasteiger partial charge on any atom is -0.324 e. The molecule has 3 rings (SSSR count). The lowest BCUT2D eigenvalue weighted by Gasteiger charge is -2.11. The Kier molecular flexibility index (Phi) is 5.93. The number of aromatic nitrogens is 3. The highest BCUT2D eigenvalue weighted by Crippen LogP contribution is 2.29. The first-order valence-corrected chi connectivity index (χ1v) is 10.6. The lowest BCUT2D eigenvalue weighted by atomic mass is 10.0. The molecule has 2 aromatic heterocycles. The Balaban J connectivity index is 1.85. The SMILES string of the molecule is Cc1cc(Nc2nccc(C(F)(F)F)n2)cc(-c2ccc(C(=O)NS(C)(=O)=O)nc2)c1. The molecule has 0 unspecified atom stereocenters. The number of sulfonamides is 1. The summed E-state index contributed by atoms with van der Waals surface area (Å²) in [4.78, 5) is 23.1. The van der Waals surface area contributed by atoms with Crippen LogP contribution in [0.2, 0.25) is 0 Å². The van der Waals surface area contributed by atoms with Gasteiger partial charge in [0.2, 0.25) is 16.0 Å². The van der Waals surface area contributed by atoms with E-state index in [0.717, 1.165) is 24.1 Å². The zero-order valence-corrected chi connectivity index (χ0v) is 17.0. The number of alkyl halides is 3. The van der Waals surface area contributed by atoms with Crippen LogP contribution in [0.15, 0.2) is 48.8 Å². The van der Waals surface area contributed by atoms with Gasteiger partial charge in [0.25, 0.3) is 5.91 Å². The van der Waals surface area contributed by atoms with Crippen LogP contribution in [-0.4, -0.2) is 35.5 Å². The second-order valence-corrected chi connectivity index (χ2v) is 8.36. The quantitative estimate of drug-likeness (QED) is 0.612. The molecule has 0 saturated heterocycles. The van der Waals surface area contributed by atoms with Gasteiger partial charge in [-0.3, -0.25) is 9.78 Å². The summed E-state index contributed by atoms with van der Waals surface area (Å²) in [5, 5.41) is 2.75. The standard InChI is InChI=1S/C19H16F3N5O3S/c1-11-7-13(12-3-4-15(24-10-12)17(28)27-31(2,29)30)9-14(8-11)25-18-23-6-5-16(26-18)19(20,21)22/h3-10H,1-2H3,(H,27,28)(H,23,25,26). The van der Waals surface area contributed by atoms with Gasteiger partial charge in [0.15, 0.2) is 0 Å². The van der Waals surface area contributed by atoms with E-state index in [-0.39, 0.29) is 11.6 Å². The largest absolute Gasteiger partial charge is 0.433 e. The molecule has 0 aliphatic carbocycles. The molecule has 2 N–H and O–H groups in total. The predicted octanol–water partition coefficient (Wildman–Crippen LogP) is 3.30. The van der Waals surface area contributed by atoms with E-state index in [2.05, 4.69) is 20.3 Å². The summed E-state index contributed by atoms with van der Waals surface area (Å²) < 4.78 is 62.7. The fraction of sp³-hybridized carbons (Fsp3) is 0.158. The number of amides is 1. The zero-order chi connectivity index (χ0) is 22.8. The topological polar surface area (TPSA) is 114 Å². The Labute approximate surface area is 175 Å². The predicted molar refractivity (Wildman–Crippen MR) is 107 cm³/mol. The van der Waals surface area contributed by atoms with Crippen LogP contribution < -0.4 is 10.0 Å². The second-order valence-electron chi connectivity index (χ2n) is 6.61. The lowest BCUT2D eigenvalue weighted by Crippen LogP contribution is -2.29. The molecular formula is C19H16F3N5O3S. The number of hydrogen-bond donors (Lipinski definition) is 2. The normalized spacial score (nSPS) is 11.8. The first-order valence-electron chi connectivity index (χ1n) is 8.68. The van der Waals surface area contributed by atoms with Crippen molar-refractivity contribution in [3.05, 3.63) is 65.7 Å². The van der Waals surface area contributed by atoms with Gasteiger partial charge in [-0.1, -0.05) is 12.1 Å². The maximum Gasteiger partial charge on any atom is 0.433 e. The van der Waals surface area contributed by atoms with E-state index in [1.807, 2.05) is 10.8 Å². The fourth-order valence-electron chi connectivity index (χ4n) is 2.65. The van der Waals surface area contributed by atoms with Crippen molar-refractivity contribution in [3.63, 3.8) is 0 Å². The molecule has 0 fully saturated rings. The third-order valence-corrected chi connectivity index (χ3v) is 4.44. The van der Waals surface area contributed by atoms with Crippen LogP contribution in [0.4, 0.5) is 24.8 Å². The van der Waals surface area contributed by atoms with E-state index in [9.17, 15) is 26.4 Å². The van der Waals surface area contributed by atoms with Crippen LogP contribution in [0.5, 0.6) is 0 Å². The van der Waals surface area contributed by atoms with Crippen molar-refractivity contribution in [2.45, 2.75) is 13.1 Å². The number of aryl methyl sites for hydroxylation is 1. The van der Waals surface area contributed by atoms with Gasteiger partial charge in [-0.15, -0.1) is 0 Å². The van der Waals surface area contributed by atoms with Crippen LogP contribution in [0.25, 0.3) is 11.1 Å². The van der Waals surface area contributed by atoms with Crippen molar-refractivity contribution in [2.24, 2.45) is 0 Å². The molecule has 8 nitrogen and oxygen atoms in total. The number of carbonyl (C=O) groups excluding carboxylic acids is 1. The average Bonchev–Trinajstić information content (AvgIpc) is 2.66. The Morgan fingerprint density at radius 3 is 2.39 bits per heavy atom. The third kappa shape index (κ3) is 5.98. The highest BCUT2D eigenvalue weighted by atomic mass is 32.2. The third-order valence-electron chi connectivity index (χ3n) is 3.89. The first-order chi connectivity index (χ1) is 14.4. The summed E-state index contributed by atoms with van der Waals surface area (Å²) in [5.74, 6) is -1.07. The number of rotatable bonds is 5. The molecule has 3 aromatic rings. The summed E-state index contributed by atoms with van der Waals surface area (Å²) in [6, 6.07) is 8.88. The minimum atomic E-state index is -4.59. The summed E-state index contributed by atoms with van der Waals surface area (Å²) in [7, 11) is -3.72. The summed E-state index contributed by atoms with van der Waals surface area (Å²) >= 11 is 0. The van der Waals surface area contributed by atoms with Crippen LogP contribution in [0, 0.1) is 6.92 Å². The van der Waals surface area contributed by atoms with Crippen LogP contribution >= 0.6 is 0 Å². The van der Waals surface area contributed by atoms with Crippen molar-refractivity contribution in [2.75, 3.05) is 11.6 Å². The summed E-state index contributed by atoms with van der Waals surface area (Å²) in [6.07, 6.45) is -1.34. The van der Waals surface area contributed by atoms with Gasteiger partial charge in [0, 0.05) is 23.6 Å². The molecule has 31 heavy (non-hydrogen) atoms. The highest BCUT2D eigenvalue weighted by molar-refractivity contribution is 7.89. The molecule has 0 aliphatic rings. The number of pyridine rings is 1. The first kappa shape index (κ1) is 22.2. The van der Waals surface area contributed by atoms with E-state index in [1.54, 1.807) is 25.1 Å². The van der Waals surface area contributed by atoms with E-state index in [4.69, 9.17) is 0 Å². The van der Waals surface area contributed by atoms with E-state index >= 15 is 0 Å². The summed E-state index contributed by atoms with van der Waals surface area (Å²) in [6.45, 7) is 1.79. The van der Waals surface area contributed by atoms with Crippen molar-refractivity contribution in [1.29, 1.82) is 0 Å². The van der Waals surface area contributed by atoms with Crippen LogP contribution in [0.3, 0.4) is 0 Å². The van der Waals surface area contributed by atoms with Crippen molar-refractivity contribution < 1.29 is 26.4 Å². The number of hydrogen-bond acceptors (Lipinski definition) is 7. The van der Waals surface area contributed by atoms with Crippen molar-refractivity contribution >= 4 is 27.6 Å². The molecule has 162 valence electrons. The summed E-state index contributed by atoms with van der Waals surface area (Å²) in [5.41, 5.74) is 1.37. The maximum absolute atomic E-state index is 12.8. The van der Waals surface area contributed by atoms with Crippen LogP contribution in [-0.2, 0) is 16.2 Å². The molecule has 0 atom stereocenters. The zero-order valence-electron chi connectivity index (χ0n) is 16.2. The van der Waals surface area contributed by atoms with Gasteiger partial charge in [-0.25, -0.2) is 23.1 Å². The lowest BCUT2D eigenvalue weighted by molar-refractivity contribution is -0.141. The van der Waals surface area contributed by atoms with Gasteiger partial charge in [-0.2, -0.15) is 13.2 Å². The Morgan fingerprint density at radius 1 is 1.03 bits per heavy atom. The maximum atomic E-state index is 12.8. The molecule has 2 heterocycles. The smallest absolute Gasteiger partial charge is 0.324 e. The fourth-order valence-corrected chi connectivity index (χ4v) is 3.09. The van der Waals surface area contributed by atoms with Gasteiger partial charge in [0.05, 0.1) is 6.26 Å². The average molecular weight is 451 g/mol. The molecule has 0 bridgehead atoms. The number of nitrogens with one attached hydrogen (secondary N) is 2. The van der Waals surface area contributed by atoms with Crippen molar-refractivity contribution in [3.8, 4) is 11.1 Å². The highest BCUT2D eigenvalue weighted by Gasteiger charge is 2.32. The number of anilines is 2. The molecule has 0 saturated carbocycles. The molecule has 0 aliphatic heterocycles. The number of nitrogens with zero attached hydrogens (tertiary/aromatic N) is 3. The number of carbonyl (C=O) groups is 1. The molecule has 0 radical (unpaired) electrons. The van der Waals surface area contributed by atoms with E-state index < -0.39 is 27.8 Å². The van der Waals surface area contributed by atoms with Gasteiger partial charge in [-0.05, 0) is 42.3 Å². The van der Waals surface area contributed by atoms with Gasteiger partial charge in [0.1, 0.15) is 11.4 Å². The van der Waals surface area contributed by atoms with Gasteiger partial charge < -0.3 is 5.32 Å².